The van der Waals surface area contributed by atoms with E-state index in [4.69, 9.17) is 16.3 Å². The zero-order valence-corrected chi connectivity index (χ0v) is 10.7. The topological polar surface area (TPSA) is 22.1 Å². The molecule has 0 bridgehead atoms. The summed E-state index contributed by atoms with van der Waals surface area (Å²) in [5.74, 6) is 1.94. The summed E-state index contributed by atoms with van der Waals surface area (Å²) in [6, 6.07) is 9.53. The van der Waals surface area contributed by atoms with Crippen molar-refractivity contribution in [3.63, 3.8) is 0 Å². The van der Waals surface area contributed by atoms with E-state index >= 15 is 0 Å². The summed E-state index contributed by atoms with van der Waals surface area (Å²) in [7, 11) is 0. The lowest BCUT2D eigenvalue weighted by Gasteiger charge is -2.06. The van der Waals surface area contributed by atoms with Crippen molar-refractivity contribution in [3.8, 4) is 11.5 Å². The van der Waals surface area contributed by atoms with E-state index in [9.17, 15) is 0 Å². The van der Waals surface area contributed by atoms with E-state index in [1.54, 1.807) is 12.4 Å². The van der Waals surface area contributed by atoms with E-state index in [0.717, 1.165) is 15.8 Å². The maximum Gasteiger partial charge on any atom is 0.146 e. The number of alkyl halides is 1. The Hall–Kier alpha value is -1.06. The molecule has 2 nitrogen and oxygen atoms in total. The summed E-state index contributed by atoms with van der Waals surface area (Å²) in [5, 5.41) is 0. The quantitative estimate of drug-likeness (QED) is 0.785. The average molecular weight is 299 g/mol. The summed E-state index contributed by atoms with van der Waals surface area (Å²) in [6.45, 7) is 0. The Morgan fingerprint density at radius 3 is 2.81 bits per heavy atom. The lowest BCUT2D eigenvalue weighted by molar-refractivity contribution is 0.479. The number of rotatable bonds is 3. The van der Waals surface area contributed by atoms with Crippen molar-refractivity contribution in [1.29, 1.82) is 0 Å². The number of hydrogen-bond acceptors (Lipinski definition) is 2. The van der Waals surface area contributed by atoms with Gasteiger partial charge in [0.25, 0.3) is 0 Å². The van der Waals surface area contributed by atoms with Crippen LogP contribution in [0.3, 0.4) is 0 Å². The minimum atomic E-state index is 0.480. The van der Waals surface area contributed by atoms with Crippen molar-refractivity contribution in [3.05, 3.63) is 52.8 Å². The summed E-state index contributed by atoms with van der Waals surface area (Å²) in [4.78, 5) is 4.03. The minimum Gasteiger partial charge on any atom is -0.456 e. The van der Waals surface area contributed by atoms with Crippen LogP contribution in [0.1, 0.15) is 5.56 Å². The first-order valence-corrected chi connectivity index (χ1v) is 6.04. The fourth-order valence-electron chi connectivity index (χ4n) is 1.28. The second-order valence-corrected chi connectivity index (χ2v) is 4.40. The summed E-state index contributed by atoms with van der Waals surface area (Å²) >= 11 is 9.09. The third-order valence-corrected chi connectivity index (χ3v) is 2.71. The molecule has 82 valence electrons. The molecule has 1 aromatic carbocycles. The van der Waals surface area contributed by atoms with Crippen LogP contribution in [-0.4, -0.2) is 4.98 Å². The highest BCUT2D eigenvalue weighted by Gasteiger charge is 1.99. The first kappa shape index (κ1) is 11.4. The van der Waals surface area contributed by atoms with Gasteiger partial charge in [-0.2, -0.15) is 0 Å². The highest BCUT2D eigenvalue weighted by Crippen LogP contribution is 2.24. The SMILES string of the molecule is ClCc1cccc(Oc2cncc(Br)c2)c1. The van der Waals surface area contributed by atoms with Crippen LogP contribution in [-0.2, 0) is 5.88 Å². The zero-order valence-electron chi connectivity index (χ0n) is 8.36. The maximum atomic E-state index is 5.75. The molecule has 0 N–H and O–H groups in total. The Morgan fingerprint density at radius 2 is 2.06 bits per heavy atom. The van der Waals surface area contributed by atoms with Gasteiger partial charge in [-0.05, 0) is 39.7 Å². The van der Waals surface area contributed by atoms with E-state index in [-0.39, 0.29) is 0 Å². The molecule has 0 unspecified atom stereocenters. The fraction of sp³-hybridized carbons (Fsp3) is 0.0833. The van der Waals surface area contributed by atoms with Crippen molar-refractivity contribution < 1.29 is 4.74 Å². The highest BCUT2D eigenvalue weighted by molar-refractivity contribution is 9.10. The molecule has 0 aliphatic heterocycles. The lowest BCUT2D eigenvalue weighted by atomic mass is 10.2. The highest BCUT2D eigenvalue weighted by atomic mass is 79.9. The Labute approximate surface area is 107 Å². The van der Waals surface area contributed by atoms with Gasteiger partial charge in [-0.1, -0.05) is 12.1 Å². The van der Waals surface area contributed by atoms with Gasteiger partial charge in [-0.15, -0.1) is 11.6 Å². The number of halogens is 2. The van der Waals surface area contributed by atoms with Gasteiger partial charge in [0.05, 0.1) is 6.20 Å². The van der Waals surface area contributed by atoms with Crippen molar-refractivity contribution in [2.45, 2.75) is 5.88 Å². The summed E-state index contributed by atoms with van der Waals surface area (Å²) in [6.07, 6.45) is 3.38. The van der Waals surface area contributed by atoms with Crippen LogP contribution in [0.25, 0.3) is 0 Å². The smallest absolute Gasteiger partial charge is 0.146 e. The molecule has 16 heavy (non-hydrogen) atoms. The predicted octanol–water partition coefficient (Wildman–Crippen LogP) is 4.38. The second-order valence-electron chi connectivity index (χ2n) is 3.22. The third-order valence-electron chi connectivity index (χ3n) is 1.97. The molecule has 0 saturated carbocycles. The van der Waals surface area contributed by atoms with Gasteiger partial charge in [0.15, 0.2) is 0 Å². The van der Waals surface area contributed by atoms with Gasteiger partial charge in [-0.25, -0.2) is 0 Å². The molecular weight excluding hydrogens is 289 g/mol. The molecule has 0 fully saturated rings. The molecule has 1 aromatic heterocycles. The van der Waals surface area contributed by atoms with Gasteiger partial charge in [0.1, 0.15) is 11.5 Å². The molecular formula is C12H9BrClNO. The number of hydrogen-bond donors (Lipinski definition) is 0. The molecule has 0 saturated heterocycles. The average Bonchev–Trinajstić information content (AvgIpc) is 2.29. The van der Waals surface area contributed by atoms with Gasteiger partial charge >= 0.3 is 0 Å². The number of aromatic nitrogens is 1. The minimum absolute atomic E-state index is 0.480. The molecule has 1 heterocycles. The Kier molecular flexibility index (Phi) is 3.80. The van der Waals surface area contributed by atoms with E-state index in [1.807, 2.05) is 30.3 Å². The summed E-state index contributed by atoms with van der Waals surface area (Å²) < 4.78 is 6.54. The fourth-order valence-corrected chi connectivity index (χ4v) is 1.79. The van der Waals surface area contributed by atoms with Gasteiger partial charge in [0, 0.05) is 16.5 Å². The van der Waals surface area contributed by atoms with Crippen LogP contribution in [0.15, 0.2) is 47.2 Å². The molecule has 0 aliphatic rings. The maximum absolute atomic E-state index is 5.75. The van der Waals surface area contributed by atoms with Crippen LogP contribution in [0.4, 0.5) is 0 Å². The van der Waals surface area contributed by atoms with Gasteiger partial charge in [-0.3, -0.25) is 4.98 Å². The molecule has 4 heteroatoms. The van der Waals surface area contributed by atoms with E-state index in [1.165, 1.54) is 0 Å². The first-order valence-electron chi connectivity index (χ1n) is 4.71. The molecule has 0 spiro atoms. The first-order chi connectivity index (χ1) is 7.78. The van der Waals surface area contributed by atoms with E-state index in [2.05, 4.69) is 20.9 Å². The third kappa shape index (κ3) is 2.97. The normalized spacial score (nSPS) is 10.1. The number of nitrogens with zero attached hydrogens (tertiary/aromatic N) is 1. The second kappa shape index (κ2) is 5.32. The molecule has 2 aromatic rings. The number of ether oxygens (including phenoxy) is 1. The van der Waals surface area contributed by atoms with Crippen molar-refractivity contribution in [2.75, 3.05) is 0 Å². The monoisotopic (exact) mass is 297 g/mol. The van der Waals surface area contributed by atoms with Crippen LogP contribution in [0.5, 0.6) is 11.5 Å². The van der Waals surface area contributed by atoms with Crippen molar-refractivity contribution in [2.24, 2.45) is 0 Å². The molecule has 0 atom stereocenters. The van der Waals surface area contributed by atoms with Crippen LogP contribution < -0.4 is 4.74 Å². The Bertz CT molecular complexity index is 490. The predicted molar refractivity (Wildman–Crippen MR) is 68.0 cm³/mol. The van der Waals surface area contributed by atoms with Crippen molar-refractivity contribution in [1.82, 2.24) is 4.98 Å². The zero-order chi connectivity index (χ0) is 11.4. The number of pyridine rings is 1. The largest absolute Gasteiger partial charge is 0.456 e. The van der Waals surface area contributed by atoms with Crippen molar-refractivity contribution >= 4 is 27.5 Å². The molecule has 0 radical (unpaired) electrons. The van der Waals surface area contributed by atoms with Gasteiger partial charge < -0.3 is 4.74 Å². The Morgan fingerprint density at radius 1 is 1.19 bits per heavy atom. The molecule has 2 rings (SSSR count). The standard InChI is InChI=1S/C12H9BrClNO/c13-10-5-12(8-15-7-10)16-11-3-1-2-9(4-11)6-14/h1-5,7-8H,6H2. The Balaban J connectivity index is 2.20. The van der Waals surface area contributed by atoms with E-state index in [0.29, 0.717) is 11.6 Å². The van der Waals surface area contributed by atoms with Crippen LogP contribution in [0, 0.1) is 0 Å². The molecule has 0 aliphatic carbocycles. The number of benzene rings is 1. The molecule has 0 amide bonds. The summed E-state index contributed by atoms with van der Waals surface area (Å²) in [5.41, 5.74) is 1.03. The van der Waals surface area contributed by atoms with E-state index < -0.39 is 0 Å². The lowest BCUT2D eigenvalue weighted by Crippen LogP contribution is -1.86. The van der Waals surface area contributed by atoms with Crippen LogP contribution in [0.2, 0.25) is 0 Å². The van der Waals surface area contributed by atoms with Crippen LogP contribution >= 0.6 is 27.5 Å². The van der Waals surface area contributed by atoms with Gasteiger partial charge in [0.2, 0.25) is 0 Å².